The first-order valence-electron chi connectivity index (χ1n) is 6.91. The zero-order chi connectivity index (χ0) is 15.4. The van der Waals surface area contributed by atoms with Gasteiger partial charge in [0.25, 0.3) is 5.89 Å². The number of ether oxygens (including phenoxy) is 1. The van der Waals surface area contributed by atoms with Gasteiger partial charge in [0.1, 0.15) is 5.56 Å². The molecule has 0 spiro atoms. The van der Waals surface area contributed by atoms with Crippen molar-refractivity contribution in [1.82, 2.24) is 15.2 Å². The molecule has 0 unspecified atom stereocenters. The lowest BCUT2D eigenvalue weighted by atomic mass is 10.1. The van der Waals surface area contributed by atoms with Crippen LogP contribution in [0.25, 0.3) is 11.5 Å². The molecule has 0 amide bonds. The highest BCUT2D eigenvalue weighted by Gasteiger charge is 2.14. The van der Waals surface area contributed by atoms with Crippen LogP contribution in [0.4, 0.5) is 0 Å². The van der Waals surface area contributed by atoms with Crippen LogP contribution in [0.5, 0.6) is 5.88 Å². The van der Waals surface area contributed by atoms with Crippen LogP contribution in [0.1, 0.15) is 18.4 Å². The van der Waals surface area contributed by atoms with E-state index in [1.54, 1.807) is 12.3 Å². The first-order valence-corrected chi connectivity index (χ1v) is 7.29. The van der Waals surface area contributed by atoms with Crippen molar-refractivity contribution in [3.63, 3.8) is 0 Å². The predicted octanol–water partition coefficient (Wildman–Crippen LogP) is 3.77. The molecule has 112 valence electrons. The molecule has 3 aromatic rings. The van der Waals surface area contributed by atoms with E-state index < -0.39 is 0 Å². The van der Waals surface area contributed by atoms with Gasteiger partial charge in [0, 0.05) is 11.2 Å². The summed E-state index contributed by atoms with van der Waals surface area (Å²) in [4.78, 5) is 4.18. The van der Waals surface area contributed by atoms with Crippen molar-refractivity contribution in [2.24, 2.45) is 0 Å². The molecule has 0 radical (unpaired) electrons. The lowest BCUT2D eigenvalue weighted by Gasteiger charge is -2.04. The highest BCUT2D eigenvalue weighted by atomic mass is 35.5. The Morgan fingerprint density at radius 2 is 1.95 bits per heavy atom. The highest BCUT2D eigenvalue weighted by Crippen LogP contribution is 2.27. The largest absolute Gasteiger partial charge is 0.477 e. The van der Waals surface area contributed by atoms with E-state index in [1.165, 1.54) is 0 Å². The SMILES string of the molecule is CCOc1ncccc1-c1nnc(Cc2ccc(Cl)cc2)o1. The molecular formula is C16H14ClN3O2. The Morgan fingerprint density at radius 1 is 1.14 bits per heavy atom. The molecule has 6 heteroatoms. The molecule has 0 N–H and O–H groups in total. The molecule has 0 saturated carbocycles. The van der Waals surface area contributed by atoms with Crippen LogP contribution < -0.4 is 4.74 Å². The van der Waals surface area contributed by atoms with Crippen LogP contribution in [-0.4, -0.2) is 21.8 Å². The van der Waals surface area contributed by atoms with Crippen molar-refractivity contribution in [2.75, 3.05) is 6.61 Å². The fourth-order valence-corrected chi connectivity index (χ4v) is 2.14. The highest BCUT2D eigenvalue weighted by molar-refractivity contribution is 6.30. The van der Waals surface area contributed by atoms with Gasteiger partial charge in [-0.05, 0) is 36.8 Å². The summed E-state index contributed by atoms with van der Waals surface area (Å²) in [5.74, 6) is 1.43. The van der Waals surface area contributed by atoms with Crippen LogP contribution in [0, 0.1) is 0 Å². The number of pyridine rings is 1. The molecule has 0 aliphatic heterocycles. The van der Waals surface area contributed by atoms with Crippen LogP contribution >= 0.6 is 11.6 Å². The van der Waals surface area contributed by atoms with E-state index in [0.29, 0.717) is 41.3 Å². The maximum atomic E-state index is 5.87. The van der Waals surface area contributed by atoms with Gasteiger partial charge in [0.2, 0.25) is 11.8 Å². The second-order valence-electron chi connectivity index (χ2n) is 4.59. The van der Waals surface area contributed by atoms with Gasteiger partial charge in [0.05, 0.1) is 13.0 Å². The smallest absolute Gasteiger partial charge is 0.253 e. The molecular weight excluding hydrogens is 302 g/mol. The molecule has 0 aliphatic carbocycles. The zero-order valence-electron chi connectivity index (χ0n) is 12.0. The first kappa shape index (κ1) is 14.5. The molecule has 1 aromatic carbocycles. The van der Waals surface area contributed by atoms with Gasteiger partial charge in [0.15, 0.2) is 0 Å². The Balaban J connectivity index is 1.83. The van der Waals surface area contributed by atoms with Gasteiger partial charge in [-0.15, -0.1) is 10.2 Å². The Hall–Kier alpha value is -2.40. The summed E-state index contributed by atoms with van der Waals surface area (Å²) in [6.45, 7) is 2.42. The van der Waals surface area contributed by atoms with E-state index in [0.717, 1.165) is 5.56 Å². The second kappa shape index (κ2) is 6.58. The number of benzene rings is 1. The topological polar surface area (TPSA) is 61.0 Å². The average molecular weight is 316 g/mol. The van der Waals surface area contributed by atoms with E-state index >= 15 is 0 Å². The average Bonchev–Trinajstić information content (AvgIpc) is 2.99. The number of aromatic nitrogens is 3. The van der Waals surface area contributed by atoms with Crippen LogP contribution in [0.3, 0.4) is 0 Å². The maximum Gasteiger partial charge on any atom is 0.253 e. The molecule has 2 heterocycles. The third-order valence-corrected chi connectivity index (χ3v) is 3.27. The number of halogens is 1. The van der Waals surface area contributed by atoms with Gasteiger partial charge in [-0.3, -0.25) is 0 Å². The van der Waals surface area contributed by atoms with E-state index in [9.17, 15) is 0 Å². The fraction of sp³-hybridized carbons (Fsp3) is 0.188. The zero-order valence-corrected chi connectivity index (χ0v) is 12.7. The lowest BCUT2D eigenvalue weighted by molar-refractivity contribution is 0.327. The van der Waals surface area contributed by atoms with Crippen LogP contribution in [-0.2, 0) is 6.42 Å². The minimum atomic E-state index is 0.403. The predicted molar refractivity (Wildman–Crippen MR) is 83.0 cm³/mol. The molecule has 0 fully saturated rings. The first-order chi connectivity index (χ1) is 10.8. The number of hydrogen-bond donors (Lipinski definition) is 0. The Bertz CT molecular complexity index is 756. The molecule has 0 atom stereocenters. The van der Waals surface area contributed by atoms with Gasteiger partial charge >= 0.3 is 0 Å². The summed E-state index contributed by atoms with van der Waals surface area (Å²) in [7, 11) is 0. The van der Waals surface area contributed by atoms with Crippen LogP contribution in [0.15, 0.2) is 47.0 Å². The lowest BCUT2D eigenvalue weighted by Crippen LogP contribution is -1.96. The normalized spacial score (nSPS) is 10.6. The van der Waals surface area contributed by atoms with Crippen LogP contribution in [0.2, 0.25) is 5.02 Å². The van der Waals surface area contributed by atoms with Crippen molar-refractivity contribution in [3.05, 3.63) is 59.1 Å². The second-order valence-corrected chi connectivity index (χ2v) is 5.03. The van der Waals surface area contributed by atoms with E-state index in [-0.39, 0.29) is 0 Å². The van der Waals surface area contributed by atoms with E-state index in [4.69, 9.17) is 20.8 Å². The number of rotatable bonds is 5. The van der Waals surface area contributed by atoms with Crippen molar-refractivity contribution in [1.29, 1.82) is 0 Å². The Labute approximate surface area is 132 Å². The van der Waals surface area contributed by atoms with Gasteiger partial charge in [-0.1, -0.05) is 23.7 Å². The summed E-state index contributed by atoms with van der Waals surface area (Å²) >= 11 is 5.87. The quantitative estimate of drug-likeness (QED) is 0.717. The molecule has 5 nitrogen and oxygen atoms in total. The molecule has 0 saturated heterocycles. The minimum absolute atomic E-state index is 0.403. The maximum absolute atomic E-state index is 5.87. The van der Waals surface area contributed by atoms with E-state index in [2.05, 4.69) is 15.2 Å². The third kappa shape index (κ3) is 3.26. The van der Waals surface area contributed by atoms with Gasteiger partial charge in [-0.2, -0.15) is 0 Å². The third-order valence-electron chi connectivity index (χ3n) is 3.02. The van der Waals surface area contributed by atoms with Crippen molar-refractivity contribution in [3.8, 4) is 17.3 Å². The van der Waals surface area contributed by atoms with Crippen molar-refractivity contribution >= 4 is 11.6 Å². The standard InChI is InChI=1S/C16H14ClN3O2/c1-2-21-15-13(4-3-9-18-15)16-20-19-14(22-16)10-11-5-7-12(17)8-6-11/h3-9H,2,10H2,1H3. The number of hydrogen-bond acceptors (Lipinski definition) is 5. The number of nitrogens with zero attached hydrogens (tertiary/aromatic N) is 3. The van der Waals surface area contributed by atoms with Crippen molar-refractivity contribution in [2.45, 2.75) is 13.3 Å². The molecule has 3 rings (SSSR count). The Morgan fingerprint density at radius 3 is 2.73 bits per heavy atom. The molecule has 0 aliphatic rings. The monoisotopic (exact) mass is 315 g/mol. The summed E-state index contributed by atoms with van der Waals surface area (Å²) in [6, 6.07) is 11.2. The molecule has 0 bridgehead atoms. The molecule has 2 aromatic heterocycles. The Kier molecular flexibility index (Phi) is 4.34. The summed E-state index contributed by atoms with van der Waals surface area (Å²) in [5.41, 5.74) is 1.75. The summed E-state index contributed by atoms with van der Waals surface area (Å²) in [6.07, 6.45) is 2.22. The fourth-order valence-electron chi connectivity index (χ4n) is 2.02. The van der Waals surface area contributed by atoms with E-state index in [1.807, 2.05) is 37.3 Å². The summed E-state index contributed by atoms with van der Waals surface area (Å²) < 4.78 is 11.2. The van der Waals surface area contributed by atoms with Crippen molar-refractivity contribution < 1.29 is 9.15 Å². The summed E-state index contributed by atoms with van der Waals surface area (Å²) in [5, 5.41) is 8.86. The van der Waals surface area contributed by atoms with Gasteiger partial charge < -0.3 is 9.15 Å². The van der Waals surface area contributed by atoms with Gasteiger partial charge in [-0.25, -0.2) is 4.98 Å². The minimum Gasteiger partial charge on any atom is -0.477 e. The molecule has 22 heavy (non-hydrogen) atoms.